The Bertz CT molecular complexity index is 820. The molecule has 0 aromatic heterocycles. The van der Waals surface area contributed by atoms with E-state index in [4.69, 9.17) is 4.74 Å². The van der Waals surface area contributed by atoms with Gasteiger partial charge >= 0.3 is 0 Å². The molecule has 0 saturated carbocycles. The number of carbonyl (C=O) groups is 1. The summed E-state index contributed by atoms with van der Waals surface area (Å²) in [5.74, 6) is 0.199. The van der Waals surface area contributed by atoms with E-state index in [2.05, 4.69) is 10.0 Å². The molecule has 7 heteroatoms. The molecule has 2 N–H and O–H groups in total. The Kier molecular flexibility index (Phi) is 6.76. The lowest BCUT2D eigenvalue weighted by atomic mass is 10.1. The minimum atomic E-state index is -3.80. The molecule has 0 unspecified atom stereocenters. The topological polar surface area (TPSA) is 84.5 Å². The van der Waals surface area contributed by atoms with Crippen molar-refractivity contribution in [2.75, 3.05) is 6.61 Å². The molecule has 0 heterocycles. The maximum atomic E-state index is 12.4. The van der Waals surface area contributed by atoms with E-state index in [9.17, 15) is 13.2 Å². The monoisotopic (exact) mass is 376 g/mol. The van der Waals surface area contributed by atoms with Crippen LogP contribution in [0.4, 0.5) is 0 Å². The van der Waals surface area contributed by atoms with Gasteiger partial charge in [-0.2, -0.15) is 4.72 Å². The van der Waals surface area contributed by atoms with Crippen LogP contribution in [-0.2, 0) is 14.8 Å². The molecule has 0 aliphatic carbocycles. The number of hydrogen-bond donors (Lipinski definition) is 2. The maximum absolute atomic E-state index is 12.4. The Hall–Kier alpha value is -2.38. The summed E-state index contributed by atoms with van der Waals surface area (Å²) >= 11 is 0. The molecule has 0 fully saturated rings. The van der Waals surface area contributed by atoms with Gasteiger partial charge in [-0.15, -0.1) is 0 Å². The van der Waals surface area contributed by atoms with Crippen LogP contribution >= 0.6 is 0 Å². The summed E-state index contributed by atoms with van der Waals surface area (Å²) in [4.78, 5) is 12.4. The van der Waals surface area contributed by atoms with Gasteiger partial charge in [0.05, 0.1) is 23.6 Å². The number of amides is 1. The molecule has 2 rings (SSSR count). The molecule has 1 amide bonds. The standard InChI is InChI=1S/C19H24N2O4S/c1-4-25-17-10-12-18(13-11-17)26(23,24)21-15(3)19(22)20-14(2)16-8-6-5-7-9-16/h5-15,21H,4H2,1-3H3,(H,20,22)/t14-,15-/m0/s1. The van der Waals surface area contributed by atoms with Gasteiger partial charge in [-0.05, 0) is 50.6 Å². The maximum Gasteiger partial charge on any atom is 0.241 e. The van der Waals surface area contributed by atoms with Gasteiger partial charge in [0.1, 0.15) is 5.75 Å². The summed E-state index contributed by atoms with van der Waals surface area (Å²) in [5, 5.41) is 2.81. The van der Waals surface area contributed by atoms with E-state index in [1.54, 1.807) is 12.1 Å². The molecule has 140 valence electrons. The van der Waals surface area contributed by atoms with Crippen LogP contribution in [0.15, 0.2) is 59.5 Å². The Morgan fingerprint density at radius 3 is 2.23 bits per heavy atom. The van der Waals surface area contributed by atoms with Crippen molar-refractivity contribution in [1.29, 1.82) is 0 Å². The largest absolute Gasteiger partial charge is 0.494 e. The number of carbonyl (C=O) groups excluding carboxylic acids is 1. The summed E-state index contributed by atoms with van der Waals surface area (Å²) in [6.07, 6.45) is 0. The van der Waals surface area contributed by atoms with Gasteiger partial charge in [0.2, 0.25) is 15.9 Å². The number of sulfonamides is 1. The fraction of sp³-hybridized carbons (Fsp3) is 0.316. The molecule has 0 bridgehead atoms. The number of ether oxygens (including phenoxy) is 1. The summed E-state index contributed by atoms with van der Waals surface area (Å²) in [6, 6.07) is 14.4. The molecule has 6 nitrogen and oxygen atoms in total. The second-order valence-corrected chi connectivity index (χ2v) is 7.60. The minimum Gasteiger partial charge on any atom is -0.494 e. The zero-order chi connectivity index (χ0) is 19.2. The first-order valence-electron chi connectivity index (χ1n) is 8.44. The van der Waals surface area contributed by atoms with E-state index in [0.717, 1.165) is 5.56 Å². The summed E-state index contributed by atoms with van der Waals surface area (Å²) < 4.78 is 32.6. The van der Waals surface area contributed by atoms with Crippen LogP contribution in [0.2, 0.25) is 0 Å². The first-order valence-corrected chi connectivity index (χ1v) is 9.92. The summed E-state index contributed by atoms with van der Waals surface area (Å²) in [7, 11) is -3.80. The molecular weight excluding hydrogens is 352 g/mol. The van der Waals surface area contributed by atoms with E-state index in [0.29, 0.717) is 12.4 Å². The third-order valence-electron chi connectivity index (χ3n) is 3.83. The van der Waals surface area contributed by atoms with Crippen LogP contribution in [0.3, 0.4) is 0 Å². The van der Waals surface area contributed by atoms with E-state index in [-0.39, 0.29) is 10.9 Å². The van der Waals surface area contributed by atoms with Crippen molar-refractivity contribution in [3.8, 4) is 5.75 Å². The van der Waals surface area contributed by atoms with E-state index >= 15 is 0 Å². The van der Waals surface area contributed by atoms with Gasteiger partial charge < -0.3 is 10.1 Å². The predicted octanol–water partition coefficient (Wildman–Crippen LogP) is 2.63. The first-order chi connectivity index (χ1) is 12.3. The highest BCUT2D eigenvalue weighted by Gasteiger charge is 2.23. The molecule has 26 heavy (non-hydrogen) atoms. The Balaban J connectivity index is 2.00. The van der Waals surface area contributed by atoms with E-state index in [1.165, 1.54) is 19.1 Å². The summed E-state index contributed by atoms with van der Waals surface area (Å²) in [6.45, 7) is 5.71. The molecule has 2 aromatic carbocycles. The Morgan fingerprint density at radius 2 is 1.65 bits per heavy atom. The lowest BCUT2D eigenvalue weighted by Crippen LogP contribution is -2.45. The van der Waals surface area contributed by atoms with E-state index in [1.807, 2.05) is 44.2 Å². The van der Waals surface area contributed by atoms with Gasteiger partial charge in [-0.25, -0.2) is 8.42 Å². The fourth-order valence-electron chi connectivity index (χ4n) is 2.40. The van der Waals surface area contributed by atoms with Crippen molar-refractivity contribution in [3.63, 3.8) is 0 Å². The fourth-order valence-corrected chi connectivity index (χ4v) is 3.60. The number of hydrogen-bond acceptors (Lipinski definition) is 4. The average molecular weight is 376 g/mol. The quantitative estimate of drug-likeness (QED) is 0.742. The molecule has 0 radical (unpaired) electrons. The highest BCUT2D eigenvalue weighted by atomic mass is 32.2. The van der Waals surface area contributed by atoms with Crippen molar-refractivity contribution in [1.82, 2.24) is 10.0 Å². The average Bonchev–Trinajstić information content (AvgIpc) is 2.62. The molecule has 0 aliphatic rings. The predicted molar refractivity (Wildman–Crippen MR) is 100 cm³/mol. The van der Waals surface area contributed by atoms with Gasteiger partial charge in [0, 0.05) is 0 Å². The van der Waals surface area contributed by atoms with Gasteiger partial charge in [0.15, 0.2) is 0 Å². The van der Waals surface area contributed by atoms with Crippen molar-refractivity contribution in [3.05, 3.63) is 60.2 Å². The third-order valence-corrected chi connectivity index (χ3v) is 5.39. The number of benzene rings is 2. The molecule has 2 atom stereocenters. The van der Waals surface area contributed by atoms with Crippen LogP contribution in [0.1, 0.15) is 32.4 Å². The molecular formula is C19H24N2O4S. The second-order valence-electron chi connectivity index (χ2n) is 5.89. The van der Waals surface area contributed by atoms with E-state index < -0.39 is 22.0 Å². The lowest BCUT2D eigenvalue weighted by molar-refractivity contribution is -0.123. The minimum absolute atomic E-state index is 0.0803. The van der Waals surface area contributed by atoms with Crippen LogP contribution in [0.25, 0.3) is 0 Å². The van der Waals surface area contributed by atoms with Crippen molar-refractivity contribution in [2.45, 2.75) is 37.8 Å². The Labute approximate surface area is 154 Å². The number of rotatable bonds is 8. The molecule has 2 aromatic rings. The van der Waals surface area contributed by atoms with Crippen molar-refractivity contribution >= 4 is 15.9 Å². The van der Waals surface area contributed by atoms with Gasteiger partial charge in [-0.1, -0.05) is 30.3 Å². The highest BCUT2D eigenvalue weighted by Crippen LogP contribution is 2.16. The Morgan fingerprint density at radius 1 is 1.04 bits per heavy atom. The molecule has 0 saturated heterocycles. The third kappa shape index (κ3) is 5.31. The zero-order valence-electron chi connectivity index (χ0n) is 15.1. The summed E-state index contributed by atoms with van der Waals surface area (Å²) in [5.41, 5.74) is 0.947. The molecule has 0 aliphatic heterocycles. The van der Waals surface area contributed by atoms with Crippen LogP contribution < -0.4 is 14.8 Å². The normalized spacial score (nSPS) is 13.7. The SMILES string of the molecule is CCOc1ccc(S(=O)(=O)N[C@@H](C)C(=O)N[C@@H](C)c2ccccc2)cc1. The lowest BCUT2D eigenvalue weighted by Gasteiger charge is -2.19. The smallest absolute Gasteiger partial charge is 0.241 e. The first kappa shape index (κ1) is 19.9. The van der Waals surface area contributed by atoms with Crippen LogP contribution in [0, 0.1) is 0 Å². The van der Waals surface area contributed by atoms with Crippen LogP contribution in [-0.4, -0.2) is 27.0 Å². The highest BCUT2D eigenvalue weighted by molar-refractivity contribution is 7.89. The van der Waals surface area contributed by atoms with Gasteiger partial charge in [-0.3, -0.25) is 4.79 Å². The zero-order valence-corrected chi connectivity index (χ0v) is 15.9. The van der Waals surface area contributed by atoms with Crippen LogP contribution in [0.5, 0.6) is 5.75 Å². The van der Waals surface area contributed by atoms with Crippen molar-refractivity contribution < 1.29 is 17.9 Å². The second kappa shape index (κ2) is 8.82. The van der Waals surface area contributed by atoms with Gasteiger partial charge in [0.25, 0.3) is 0 Å². The van der Waals surface area contributed by atoms with Crippen molar-refractivity contribution in [2.24, 2.45) is 0 Å². The number of nitrogens with one attached hydrogen (secondary N) is 2. The molecule has 0 spiro atoms.